The molecule has 0 amide bonds. The molecular formula is C13H10ClN3. The quantitative estimate of drug-likeness (QED) is 0.765. The van der Waals surface area contributed by atoms with Crippen LogP contribution in [0.15, 0.2) is 41.5 Å². The SMILES string of the molecule is Cc1ccc2c(c1)C(Cl)=Nc1cccnc1N2. The van der Waals surface area contributed by atoms with Gasteiger partial charge in [0.2, 0.25) is 0 Å². The Bertz CT molecular complexity index is 620. The summed E-state index contributed by atoms with van der Waals surface area (Å²) in [7, 11) is 0. The van der Waals surface area contributed by atoms with Crippen LogP contribution in [0.2, 0.25) is 0 Å². The predicted octanol–water partition coefficient (Wildman–Crippen LogP) is 3.76. The number of halogens is 1. The smallest absolute Gasteiger partial charge is 0.156 e. The van der Waals surface area contributed by atoms with Gasteiger partial charge in [-0.3, -0.25) is 0 Å². The van der Waals surface area contributed by atoms with Crippen LogP contribution in [0.25, 0.3) is 0 Å². The molecule has 84 valence electrons. The minimum atomic E-state index is 0.489. The van der Waals surface area contributed by atoms with E-state index in [0.717, 1.165) is 28.3 Å². The molecule has 0 saturated heterocycles. The minimum absolute atomic E-state index is 0.489. The molecule has 1 aromatic heterocycles. The second-order valence-corrected chi connectivity index (χ2v) is 4.31. The number of pyridine rings is 1. The number of anilines is 2. The Hall–Kier alpha value is -1.87. The summed E-state index contributed by atoms with van der Waals surface area (Å²) in [5.41, 5.74) is 3.75. The van der Waals surface area contributed by atoms with E-state index in [1.165, 1.54) is 0 Å². The minimum Gasteiger partial charge on any atom is -0.338 e. The zero-order chi connectivity index (χ0) is 11.8. The lowest BCUT2D eigenvalue weighted by atomic mass is 10.1. The average Bonchev–Trinajstić information content (AvgIpc) is 2.46. The highest BCUT2D eigenvalue weighted by atomic mass is 35.5. The number of nitrogens with one attached hydrogen (secondary N) is 1. The van der Waals surface area contributed by atoms with Crippen molar-refractivity contribution < 1.29 is 0 Å². The number of hydrogen-bond donors (Lipinski definition) is 1. The number of benzene rings is 1. The Morgan fingerprint density at radius 2 is 2.12 bits per heavy atom. The van der Waals surface area contributed by atoms with Crippen LogP contribution in [0.3, 0.4) is 0 Å². The van der Waals surface area contributed by atoms with Gasteiger partial charge in [0.1, 0.15) is 10.9 Å². The molecule has 1 aromatic carbocycles. The molecule has 0 aliphatic carbocycles. The molecule has 3 rings (SSSR count). The normalized spacial score (nSPS) is 12.9. The Morgan fingerprint density at radius 1 is 1.24 bits per heavy atom. The van der Waals surface area contributed by atoms with Gasteiger partial charge in [0.25, 0.3) is 0 Å². The third-order valence-electron chi connectivity index (χ3n) is 2.66. The van der Waals surface area contributed by atoms with Crippen molar-refractivity contribution in [3.63, 3.8) is 0 Å². The van der Waals surface area contributed by atoms with Crippen molar-refractivity contribution in [2.24, 2.45) is 4.99 Å². The van der Waals surface area contributed by atoms with Crippen molar-refractivity contribution in [1.29, 1.82) is 0 Å². The van der Waals surface area contributed by atoms with Gasteiger partial charge in [-0.15, -0.1) is 0 Å². The van der Waals surface area contributed by atoms with Crippen molar-refractivity contribution in [3.05, 3.63) is 47.7 Å². The first-order valence-electron chi connectivity index (χ1n) is 5.31. The van der Waals surface area contributed by atoms with Gasteiger partial charge in [0.15, 0.2) is 5.82 Å². The van der Waals surface area contributed by atoms with Gasteiger partial charge < -0.3 is 5.32 Å². The van der Waals surface area contributed by atoms with Gasteiger partial charge in [0, 0.05) is 11.8 Å². The molecule has 3 nitrogen and oxygen atoms in total. The van der Waals surface area contributed by atoms with E-state index in [4.69, 9.17) is 11.6 Å². The van der Waals surface area contributed by atoms with E-state index in [9.17, 15) is 0 Å². The van der Waals surface area contributed by atoms with Gasteiger partial charge in [-0.05, 0) is 31.2 Å². The van der Waals surface area contributed by atoms with Gasteiger partial charge in [-0.25, -0.2) is 9.98 Å². The second-order valence-electron chi connectivity index (χ2n) is 3.95. The third-order valence-corrected chi connectivity index (χ3v) is 2.94. The molecule has 0 radical (unpaired) electrons. The molecule has 1 aliphatic heterocycles. The lowest BCUT2D eigenvalue weighted by Gasteiger charge is -2.08. The number of aliphatic imine (C=N–C) groups is 1. The molecule has 1 aliphatic rings. The Morgan fingerprint density at radius 3 is 3.00 bits per heavy atom. The zero-order valence-electron chi connectivity index (χ0n) is 9.24. The van der Waals surface area contributed by atoms with Gasteiger partial charge in [-0.2, -0.15) is 0 Å². The summed E-state index contributed by atoms with van der Waals surface area (Å²) in [6, 6.07) is 9.77. The molecule has 1 N–H and O–H groups in total. The van der Waals surface area contributed by atoms with Crippen molar-refractivity contribution in [1.82, 2.24) is 4.98 Å². The van der Waals surface area contributed by atoms with E-state index in [1.54, 1.807) is 6.20 Å². The van der Waals surface area contributed by atoms with E-state index in [1.807, 2.05) is 37.3 Å². The maximum Gasteiger partial charge on any atom is 0.156 e. The highest BCUT2D eigenvalue weighted by Crippen LogP contribution is 2.33. The second kappa shape index (κ2) is 3.86. The lowest BCUT2D eigenvalue weighted by Crippen LogP contribution is -1.97. The first-order chi connectivity index (χ1) is 8.24. The highest BCUT2D eigenvalue weighted by molar-refractivity contribution is 6.70. The Labute approximate surface area is 104 Å². The molecule has 0 bridgehead atoms. The van der Waals surface area contributed by atoms with E-state index in [0.29, 0.717) is 5.17 Å². The first-order valence-corrected chi connectivity index (χ1v) is 5.69. The van der Waals surface area contributed by atoms with Gasteiger partial charge in [0.05, 0.1) is 5.69 Å². The molecule has 0 unspecified atom stereocenters. The summed E-state index contributed by atoms with van der Waals surface area (Å²) in [6.45, 7) is 2.03. The van der Waals surface area contributed by atoms with E-state index in [-0.39, 0.29) is 0 Å². The number of fused-ring (bicyclic) bond motifs is 2. The first kappa shape index (κ1) is 10.3. The summed E-state index contributed by atoms with van der Waals surface area (Å²) in [5, 5.41) is 3.74. The van der Waals surface area contributed by atoms with Crippen LogP contribution >= 0.6 is 11.6 Å². The largest absolute Gasteiger partial charge is 0.338 e. The number of aryl methyl sites for hydroxylation is 1. The zero-order valence-corrected chi connectivity index (χ0v) is 9.99. The lowest BCUT2D eigenvalue weighted by molar-refractivity contribution is 1.30. The van der Waals surface area contributed by atoms with Crippen LogP contribution in [0, 0.1) is 6.92 Å². The van der Waals surface area contributed by atoms with E-state index in [2.05, 4.69) is 15.3 Å². The maximum atomic E-state index is 6.23. The predicted molar refractivity (Wildman–Crippen MR) is 70.7 cm³/mol. The number of nitrogens with zero attached hydrogens (tertiary/aromatic N) is 2. The molecule has 0 saturated carbocycles. The summed E-state index contributed by atoms with van der Waals surface area (Å²) in [6.07, 6.45) is 1.73. The van der Waals surface area contributed by atoms with Crippen molar-refractivity contribution >= 4 is 34.0 Å². The summed E-state index contributed by atoms with van der Waals surface area (Å²) in [4.78, 5) is 8.64. The molecule has 17 heavy (non-hydrogen) atoms. The third kappa shape index (κ3) is 1.78. The number of rotatable bonds is 0. The van der Waals surface area contributed by atoms with Crippen LogP contribution in [-0.4, -0.2) is 10.2 Å². The number of aromatic nitrogens is 1. The summed E-state index contributed by atoms with van der Waals surface area (Å²) in [5.74, 6) is 0.730. The average molecular weight is 244 g/mol. The molecule has 0 atom stereocenters. The molecule has 0 spiro atoms. The Balaban J connectivity index is 2.24. The van der Waals surface area contributed by atoms with Crippen molar-refractivity contribution in [3.8, 4) is 0 Å². The molecule has 2 heterocycles. The van der Waals surface area contributed by atoms with Crippen molar-refractivity contribution in [2.75, 3.05) is 5.32 Å². The molecule has 4 heteroatoms. The van der Waals surface area contributed by atoms with Gasteiger partial charge in [-0.1, -0.05) is 23.2 Å². The van der Waals surface area contributed by atoms with E-state index < -0.39 is 0 Å². The fraction of sp³-hybridized carbons (Fsp3) is 0.0769. The monoisotopic (exact) mass is 243 g/mol. The summed E-state index contributed by atoms with van der Waals surface area (Å²) >= 11 is 6.23. The summed E-state index contributed by atoms with van der Waals surface area (Å²) < 4.78 is 0. The highest BCUT2D eigenvalue weighted by Gasteiger charge is 2.15. The van der Waals surface area contributed by atoms with Crippen molar-refractivity contribution in [2.45, 2.75) is 6.92 Å². The maximum absolute atomic E-state index is 6.23. The topological polar surface area (TPSA) is 37.3 Å². The number of hydrogen-bond acceptors (Lipinski definition) is 3. The van der Waals surface area contributed by atoms with Crippen LogP contribution in [0.4, 0.5) is 17.2 Å². The Kier molecular flexibility index (Phi) is 2.34. The molecule has 2 aromatic rings. The standard InChI is InChI=1S/C13H10ClN3/c1-8-4-5-10-9(7-8)12(14)16-11-3-2-6-15-13(11)17-10/h2-7H,1H3,(H,15,17). The van der Waals surface area contributed by atoms with Crippen LogP contribution in [0.5, 0.6) is 0 Å². The molecule has 0 fully saturated rings. The van der Waals surface area contributed by atoms with Gasteiger partial charge >= 0.3 is 0 Å². The van der Waals surface area contributed by atoms with Crippen LogP contribution in [0.1, 0.15) is 11.1 Å². The molecular weight excluding hydrogens is 234 g/mol. The fourth-order valence-corrected chi connectivity index (χ4v) is 2.06. The fourth-order valence-electron chi connectivity index (χ4n) is 1.81. The van der Waals surface area contributed by atoms with E-state index >= 15 is 0 Å². The van der Waals surface area contributed by atoms with Crippen LogP contribution in [-0.2, 0) is 0 Å². The van der Waals surface area contributed by atoms with Crippen LogP contribution < -0.4 is 5.32 Å².